The minimum absolute atomic E-state index is 1.05. The van der Waals surface area contributed by atoms with Crippen LogP contribution in [-0.2, 0) is 0 Å². The Labute approximate surface area is 91.6 Å². The predicted octanol–water partition coefficient (Wildman–Crippen LogP) is 2.46. The van der Waals surface area contributed by atoms with Gasteiger partial charge in [0.2, 0.25) is 0 Å². The molecule has 0 saturated carbocycles. The smallest absolute Gasteiger partial charge is 0.164 e. The standard InChI is InChI=1S/C9H13BrN2S/c1-7-8(2-3-10)6-12-4-5-13-9(12)11-7/h2-6H2,1H3. The van der Waals surface area contributed by atoms with E-state index in [9.17, 15) is 0 Å². The molecular formula is C9H13BrN2S. The van der Waals surface area contributed by atoms with Crippen molar-refractivity contribution in [3.63, 3.8) is 0 Å². The van der Waals surface area contributed by atoms with Gasteiger partial charge in [0.1, 0.15) is 0 Å². The van der Waals surface area contributed by atoms with Gasteiger partial charge < -0.3 is 4.90 Å². The van der Waals surface area contributed by atoms with Gasteiger partial charge in [0, 0.05) is 29.9 Å². The number of fused-ring (bicyclic) bond motifs is 1. The summed E-state index contributed by atoms with van der Waals surface area (Å²) in [7, 11) is 0. The van der Waals surface area contributed by atoms with E-state index in [1.165, 1.54) is 28.7 Å². The van der Waals surface area contributed by atoms with Gasteiger partial charge in [-0.05, 0) is 18.9 Å². The molecule has 0 N–H and O–H groups in total. The highest BCUT2D eigenvalue weighted by Crippen LogP contribution is 2.27. The molecule has 4 heteroatoms. The molecule has 0 spiro atoms. The summed E-state index contributed by atoms with van der Waals surface area (Å²) in [6, 6.07) is 0. The number of aliphatic imine (C=N–C) groups is 1. The minimum Gasteiger partial charge on any atom is -0.346 e. The minimum atomic E-state index is 1.05. The molecule has 0 amide bonds. The monoisotopic (exact) mass is 260 g/mol. The van der Waals surface area contributed by atoms with Gasteiger partial charge in [-0.1, -0.05) is 27.7 Å². The Morgan fingerprint density at radius 2 is 2.46 bits per heavy atom. The number of allylic oxidation sites excluding steroid dienone is 1. The summed E-state index contributed by atoms with van der Waals surface area (Å²) in [5.41, 5.74) is 2.73. The van der Waals surface area contributed by atoms with Crippen molar-refractivity contribution in [1.29, 1.82) is 0 Å². The average Bonchev–Trinajstić information content (AvgIpc) is 2.52. The van der Waals surface area contributed by atoms with Crippen molar-refractivity contribution in [2.45, 2.75) is 13.3 Å². The molecule has 0 aromatic heterocycles. The molecule has 2 aliphatic rings. The van der Waals surface area contributed by atoms with Crippen LogP contribution in [0, 0.1) is 0 Å². The maximum absolute atomic E-state index is 4.61. The van der Waals surface area contributed by atoms with Gasteiger partial charge in [-0.15, -0.1) is 0 Å². The Bertz CT molecular complexity index is 273. The lowest BCUT2D eigenvalue weighted by molar-refractivity contribution is 0.484. The summed E-state index contributed by atoms with van der Waals surface area (Å²) in [6.45, 7) is 4.40. The summed E-state index contributed by atoms with van der Waals surface area (Å²) < 4.78 is 0. The molecule has 0 aromatic carbocycles. The largest absolute Gasteiger partial charge is 0.346 e. The quantitative estimate of drug-likeness (QED) is 0.710. The highest BCUT2D eigenvalue weighted by Gasteiger charge is 2.24. The van der Waals surface area contributed by atoms with Gasteiger partial charge in [0.05, 0.1) is 0 Å². The maximum Gasteiger partial charge on any atom is 0.164 e. The molecule has 0 atom stereocenters. The van der Waals surface area contributed by atoms with Crippen molar-refractivity contribution in [2.75, 3.05) is 24.2 Å². The van der Waals surface area contributed by atoms with Crippen LogP contribution in [0.1, 0.15) is 13.3 Å². The topological polar surface area (TPSA) is 15.6 Å². The SMILES string of the molecule is CC1=C(CCBr)CN2CCSC2=N1. The van der Waals surface area contributed by atoms with E-state index in [1.807, 2.05) is 11.8 Å². The normalized spacial score (nSPS) is 22.0. The molecule has 72 valence electrons. The fraction of sp³-hybridized carbons (Fsp3) is 0.667. The number of amidine groups is 1. The molecule has 2 nitrogen and oxygen atoms in total. The summed E-state index contributed by atoms with van der Waals surface area (Å²) in [6.07, 6.45) is 1.13. The Morgan fingerprint density at radius 3 is 3.23 bits per heavy atom. The number of rotatable bonds is 2. The zero-order chi connectivity index (χ0) is 9.26. The molecule has 2 aliphatic heterocycles. The Balaban J connectivity index is 2.16. The first-order valence-corrected chi connectivity index (χ1v) is 6.63. The van der Waals surface area contributed by atoms with Crippen molar-refractivity contribution >= 4 is 32.9 Å². The number of halogens is 1. The first-order chi connectivity index (χ1) is 6.31. The van der Waals surface area contributed by atoms with Gasteiger partial charge in [-0.25, -0.2) is 4.99 Å². The summed E-state index contributed by atoms with van der Waals surface area (Å²) in [4.78, 5) is 6.99. The third-order valence-electron chi connectivity index (χ3n) is 2.42. The lowest BCUT2D eigenvalue weighted by atomic mass is 10.1. The van der Waals surface area contributed by atoms with Crippen LogP contribution in [0.2, 0.25) is 0 Å². The van der Waals surface area contributed by atoms with Crippen LogP contribution in [0.3, 0.4) is 0 Å². The van der Waals surface area contributed by atoms with Gasteiger partial charge in [0.15, 0.2) is 5.17 Å². The predicted molar refractivity (Wildman–Crippen MR) is 62.6 cm³/mol. The Hall–Kier alpha value is 0.0400. The van der Waals surface area contributed by atoms with Gasteiger partial charge in [0.25, 0.3) is 0 Å². The van der Waals surface area contributed by atoms with Crippen LogP contribution >= 0.6 is 27.7 Å². The van der Waals surface area contributed by atoms with E-state index in [1.54, 1.807) is 0 Å². The van der Waals surface area contributed by atoms with E-state index < -0.39 is 0 Å². The molecule has 0 bridgehead atoms. The van der Waals surface area contributed by atoms with Crippen molar-refractivity contribution in [1.82, 2.24) is 4.90 Å². The second-order valence-corrected chi connectivity index (χ2v) is 5.15. The summed E-state index contributed by atoms with van der Waals surface area (Å²) in [5.74, 6) is 1.20. The molecule has 13 heavy (non-hydrogen) atoms. The number of hydrogen-bond donors (Lipinski definition) is 0. The van der Waals surface area contributed by atoms with Crippen molar-refractivity contribution in [3.8, 4) is 0 Å². The highest BCUT2D eigenvalue weighted by atomic mass is 79.9. The second kappa shape index (κ2) is 4.05. The molecule has 0 aromatic rings. The second-order valence-electron chi connectivity index (χ2n) is 3.29. The van der Waals surface area contributed by atoms with E-state index in [2.05, 4.69) is 32.7 Å². The van der Waals surface area contributed by atoms with Crippen LogP contribution in [0.4, 0.5) is 0 Å². The lowest BCUT2D eigenvalue weighted by Gasteiger charge is -2.24. The number of alkyl halides is 1. The fourth-order valence-corrected chi connectivity index (χ4v) is 3.14. The fourth-order valence-electron chi connectivity index (χ4n) is 1.63. The van der Waals surface area contributed by atoms with Crippen molar-refractivity contribution in [3.05, 3.63) is 11.3 Å². The van der Waals surface area contributed by atoms with Crippen molar-refractivity contribution < 1.29 is 0 Å². The van der Waals surface area contributed by atoms with Gasteiger partial charge in [-0.2, -0.15) is 0 Å². The van der Waals surface area contributed by atoms with E-state index >= 15 is 0 Å². The van der Waals surface area contributed by atoms with Crippen LogP contribution < -0.4 is 0 Å². The molecular weight excluding hydrogens is 248 g/mol. The average molecular weight is 261 g/mol. The first-order valence-electron chi connectivity index (χ1n) is 4.52. The molecule has 0 radical (unpaired) electrons. The van der Waals surface area contributed by atoms with E-state index in [0.717, 1.165) is 18.3 Å². The van der Waals surface area contributed by atoms with Crippen molar-refractivity contribution in [2.24, 2.45) is 4.99 Å². The van der Waals surface area contributed by atoms with E-state index in [-0.39, 0.29) is 0 Å². The molecule has 2 heterocycles. The van der Waals surface area contributed by atoms with E-state index in [4.69, 9.17) is 0 Å². The van der Waals surface area contributed by atoms with Gasteiger partial charge in [-0.3, -0.25) is 0 Å². The molecule has 1 saturated heterocycles. The molecule has 0 aliphatic carbocycles. The molecule has 2 rings (SSSR count). The zero-order valence-corrected chi connectivity index (χ0v) is 10.1. The highest BCUT2D eigenvalue weighted by molar-refractivity contribution is 9.09. The van der Waals surface area contributed by atoms with Crippen LogP contribution in [-0.4, -0.2) is 34.2 Å². The lowest BCUT2D eigenvalue weighted by Crippen LogP contribution is -2.30. The third kappa shape index (κ3) is 1.94. The first kappa shape index (κ1) is 9.59. The molecule has 1 fully saturated rings. The molecule has 0 unspecified atom stereocenters. The van der Waals surface area contributed by atoms with Gasteiger partial charge >= 0.3 is 0 Å². The Morgan fingerprint density at radius 1 is 1.62 bits per heavy atom. The third-order valence-corrected chi connectivity index (χ3v) is 3.81. The van der Waals surface area contributed by atoms with Crippen LogP contribution in [0.5, 0.6) is 0 Å². The van der Waals surface area contributed by atoms with E-state index in [0.29, 0.717) is 0 Å². The zero-order valence-electron chi connectivity index (χ0n) is 7.72. The van der Waals surface area contributed by atoms with Crippen LogP contribution in [0.25, 0.3) is 0 Å². The van der Waals surface area contributed by atoms with Crippen LogP contribution in [0.15, 0.2) is 16.3 Å². The number of hydrogen-bond acceptors (Lipinski definition) is 3. The number of nitrogens with zero attached hydrogens (tertiary/aromatic N) is 2. The maximum atomic E-state index is 4.61. The Kier molecular flexibility index (Phi) is 2.99. The summed E-state index contributed by atoms with van der Waals surface area (Å²) >= 11 is 5.36. The summed E-state index contributed by atoms with van der Waals surface area (Å²) in [5, 5.41) is 2.28. The number of thioether (sulfide) groups is 1.